The third-order valence-electron chi connectivity index (χ3n) is 3.10. The second-order valence-electron chi connectivity index (χ2n) is 5.99. The molecule has 0 saturated carbocycles. The van der Waals surface area contributed by atoms with Gasteiger partial charge in [0.25, 0.3) is 0 Å². The van der Waals surface area contributed by atoms with Crippen LogP contribution in [-0.4, -0.2) is 41.0 Å². The first-order valence-electron chi connectivity index (χ1n) is 6.96. The molecule has 0 atom stereocenters. The Balaban J connectivity index is 1.79. The minimum absolute atomic E-state index is 0.165. The van der Waals surface area contributed by atoms with Gasteiger partial charge in [-0.05, 0) is 45.7 Å². The van der Waals surface area contributed by atoms with Gasteiger partial charge >= 0.3 is 6.09 Å². The van der Waals surface area contributed by atoms with Crippen molar-refractivity contribution >= 4 is 11.9 Å². The number of rotatable bonds is 2. The fourth-order valence-corrected chi connectivity index (χ4v) is 2.19. The summed E-state index contributed by atoms with van der Waals surface area (Å²) < 4.78 is 5.27. The monoisotopic (exact) mass is 278 g/mol. The number of aromatic nitrogens is 2. The molecule has 0 bridgehead atoms. The number of nitrogens with zero attached hydrogens (tertiary/aromatic N) is 3. The molecule has 2 heterocycles. The third kappa shape index (κ3) is 4.36. The summed E-state index contributed by atoms with van der Waals surface area (Å²) in [7, 11) is 0. The summed E-state index contributed by atoms with van der Waals surface area (Å²) in [4.78, 5) is 13.9. The minimum Gasteiger partial charge on any atom is -0.444 e. The van der Waals surface area contributed by atoms with Gasteiger partial charge in [-0.2, -0.15) is 5.10 Å². The van der Waals surface area contributed by atoms with Crippen LogP contribution in [0.15, 0.2) is 18.3 Å². The van der Waals surface area contributed by atoms with E-state index >= 15 is 0 Å². The summed E-state index contributed by atoms with van der Waals surface area (Å²) in [6, 6.07) is 4.00. The molecule has 0 unspecified atom stereocenters. The van der Waals surface area contributed by atoms with E-state index in [9.17, 15) is 4.79 Å². The predicted octanol–water partition coefficient (Wildman–Crippen LogP) is 1.97. The van der Waals surface area contributed by atoms with Crippen LogP contribution < -0.4 is 10.2 Å². The maximum absolute atomic E-state index is 11.7. The average molecular weight is 278 g/mol. The Morgan fingerprint density at radius 1 is 1.40 bits per heavy atom. The number of nitrogens with one attached hydrogen (secondary N) is 1. The van der Waals surface area contributed by atoms with Crippen LogP contribution in [0.3, 0.4) is 0 Å². The van der Waals surface area contributed by atoms with Gasteiger partial charge < -0.3 is 15.0 Å². The fourth-order valence-electron chi connectivity index (χ4n) is 2.19. The van der Waals surface area contributed by atoms with Gasteiger partial charge in [0.05, 0.1) is 0 Å². The van der Waals surface area contributed by atoms with Crippen LogP contribution in [0.25, 0.3) is 0 Å². The molecule has 1 N–H and O–H groups in total. The molecule has 1 aromatic heterocycles. The second-order valence-corrected chi connectivity index (χ2v) is 5.99. The number of alkyl carbamates (subject to hydrolysis) is 1. The molecule has 1 fully saturated rings. The molecule has 1 amide bonds. The Labute approximate surface area is 119 Å². The van der Waals surface area contributed by atoms with Crippen LogP contribution >= 0.6 is 0 Å². The number of anilines is 1. The van der Waals surface area contributed by atoms with Crippen molar-refractivity contribution in [1.29, 1.82) is 0 Å². The van der Waals surface area contributed by atoms with Gasteiger partial charge in [-0.15, -0.1) is 5.10 Å². The standard InChI is InChI=1S/C14H22N4O2/c1-14(2,3)20-13(19)16-11-6-9-18(10-7-11)12-5-4-8-15-17-12/h4-5,8,11H,6-7,9-10H2,1-3H3,(H,16,19). The van der Waals surface area contributed by atoms with Crippen molar-refractivity contribution in [2.24, 2.45) is 0 Å². The van der Waals surface area contributed by atoms with Crippen LogP contribution in [0, 0.1) is 0 Å². The molecule has 1 aliphatic heterocycles. The molecule has 0 spiro atoms. The van der Waals surface area contributed by atoms with Crippen molar-refractivity contribution in [3.05, 3.63) is 18.3 Å². The highest BCUT2D eigenvalue weighted by Gasteiger charge is 2.24. The molecule has 6 nitrogen and oxygen atoms in total. The molecule has 2 rings (SSSR count). The van der Waals surface area contributed by atoms with E-state index in [0.29, 0.717) is 0 Å². The molecule has 0 aromatic carbocycles. The number of carbonyl (C=O) groups excluding carboxylic acids is 1. The molecular weight excluding hydrogens is 256 g/mol. The molecule has 1 saturated heterocycles. The fraction of sp³-hybridized carbons (Fsp3) is 0.643. The topological polar surface area (TPSA) is 67.3 Å². The largest absolute Gasteiger partial charge is 0.444 e. The molecular formula is C14H22N4O2. The third-order valence-corrected chi connectivity index (χ3v) is 3.10. The van der Waals surface area contributed by atoms with Gasteiger partial charge in [0.1, 0.15) is 5.60 Å². The van der Waals surface area contributed by atoms with Crippen molar-refractivity contribution in [3.8, 4) is 0 Å². The molecule has 0 radical (unpaired) electrons. The lowest BCUT2D eigenvalue weighted by atomic mass is 10.1. The van der Waals surface area contributed by atoms with Gasteiger partial charge in [0.15, 0.2) is 5.82 Å². The zero-order valence-electron chi connectivity index (χ0n) is 12.3. The van der Waals surface area contributed by atoms with Gasteiger partial charge in [0.2, 0.25) is 0 Å². The van der Waals surface area contributed by atoms with Crippen molar-refractivity contribution in [3.63, 3.8) is 0 Å². The zero-order chi connectivity index (χ0) is 14.6. The van der Waals surface area contributed by atoms with Crippen molar-refractivity contribution in [2.75, 3.05) is 18.0 Å². The van der Waals surface area contributed by atoms with Crippen LogP contribution in [0.1, 0.15) is 33.6 Å². The van der Waals surface area contributed by atoms with E-state index in [1.54, 1.807) is 6.20 Å². The first-order chi connectivity index (χ1) is 9.44. The molecule has 20 heavy (non-hydrogen) atoms. The Bertz CT molecular complexity index is 436. The quantitative estimate of drug-likeness (QED) is 0.896. The van der Waals surface area contributed by atoms with Gasteiger partial charge in [0, 0.05) is 25.3 Å². The molecule has 1 aliphatic rings. The highest BCUT2D eigenvalue weighted by molar-refractivity contribution is 5.68. The van der Waals surface area contributed by atoms with E-state index in [0.717, 1.165) is 31.7 Å². The van der Waals surface area contributed by atoms with Crippen molar-refractivity contribution in [2.45, 2.75) is 45.3 Å². The number of ether oxygens (including phenoxy) is 1. The Morgan fingerprint density at radius 2 is 2.10 bits per heavy atom. The normalized spacial score (nSPS) is 16.9. The minimum atomic E-state index is -0.454. The summed E-state index contributed by atoms with van der Waals surface area (Å²) in [6.45, 7) is 7.31. The zero-order valence-corrected chi connectivity index (χ0v) is 12.3. The summed E-state index contributed by atoms with van der Waals surface area (Å²) in [5.41, 5.74) is -0.454. The van der Waals surface area contributed by atoms with Gasteiger partial charge in [-0.25, -0.2) is 4.79 Å². The number of hydrogen-bond donors (Lipinski definition) is 1. The maximum atomic E-state index is 11.7. The van der Waals surface area contributed by atoms with Gasteiger partial charge in [-0.1, -0.05) is 0 Å². The average Bonchev–Trinajstić information content (AvgIpc) is 2.38. The maximum Gasteiger partial charge on any atom is 0.407 e. The highest BCUT2D eigenvalue weighted by atomic mass is 16.6. The molecule has 110 valence electrons. The van der Waals surface area contributed by atoms with Crippen LogP contribution in [0.4, 0.5) is 10.6 Å². The van der Waals surface area contributed by atoms with Crippen LogP contribution in [-0.2, 0) is 4.74 Å². The molecule has 0 aliphatic carbocycles. The van der Waals surface area contributed by atoms with Crippen LogP contribution in [0.5, 0.6) is 0 Å². The Hall–Kier alpha value is -1.85. The SMILES string of the molecule is CC(C)(C)OC(=O)NC1CCN(c2cccnn2)CC1. The first-order valence-corrected chi connectivity index (χ1v) is 6.96. The number of hydrogen-bond acceptors (Lipinski definition) is 5. The molecule has 6 heteroatoms. The number of carbonyl (C=O) groups is 1. The lowest BCUT2D eigenvalue weighted by Gasteiger charge is -2.33. The highest BCUT2D eigenvalue weighted by Crippen LogP contribution is 2.17. The lowest BCUT2D eigenvalue weighted by molar-refractivity contribution is 0.0497. The van der Waals surface area contributed by atoms with Crippen molar-refractivity contribution < 1.29 is 9.53 Å². The van der Waals surface area contributed by atoms with E-state index in [1.807, 2.05) is 32.9 Å². The lowest BCUT2D eigenvalue weighted by Crippen LogP contribution is -2.46. The Kier molecular flexibility index (Phi) is 4.42. The second kappa shape index (κ2) is 6.07. The summed E-state index contributed by atoms with van der Waals surface area (Å²) in [5.74, 6) is 0.892. The van der Waals surface area contributed by atoms with E-state index in [-0.39, 0.29) is 12.1 Å². The summed E-state index contributed by atoms with van der Waals surface area (Å²) >= 11 is 0. The van der Waals surface area contributed by atoms with Crippen molar-refractivity contribution in [1.82, 2.24) is 15.5 Å². The first kappa shape index (κ1) is 14.6. The summed E-state index contributed by atoms with van der Waals surface area (Å²) in [5, 5.41) is 10.9. The van der Waals surface area contributed by atoms with E-state index in [4.69, 9.17) is 4.74 Å². The van der Waals surface area contributed by atoms with E-state index in [1.165, 1.54) is 0 Å². The number of piperidine rings is 1. The van der Waals surface area contributed by atoms with E-state index < -0.39 is 5.60 Å². The smallest absolute Gasteiger partial charge is 0.407 e. The number of amides is 1. The summed E-state index contributed by atoms with van der Waals surface area (Å²) in [6.07, 6.45) is 3.10. The Morgan fingerprint density at radius 3 is 2.65 bits per heavy atom. The van der Waals surface area contributed by atoms with Crippen LogP contribution in [0.2, 0.25) is 0 Å². The molecule has 1 aromatic rings. The van der Waals surface area contributed by atoms with E-state index in [2.05, 4.69) is 20.4 Å². The van der Waals surface area contributed by atoms with Gasteiger partial charge in [-0.3, -0.25) is 0 Å². The predicted molar refractivity (Wildman–Crippen MR) is 76.6 cm³/mol.